The third kappa shape index (κ3) is 5.79. The van der Waals surface area contributed by atoms with Crippen molar-refractivity contribution in [3.63, 3.8) is 0 Å². The summed E-state index contributed by atoms with van der Waals surface area (Å²) in [6, 6.07) is 14.5. The van der Waals surface area contributed by atoms with Crippen LogP contribution in [0.15, 0.2) is 53.4 Å². The lowest BCUT2D eigenvalue weighted by Gasteiger charge is -2.28. The van der Waals surface area contributed by atoms with E-state index in [0.717, 1.165) is 17.5 Å². The Labute approximate surface area is 194 Å². The molecule has 0 atom stereocenters. The van der Waals surface area contributed by atoms with Crippen LogP contribution in [0.1, 0.15) is 32.1 Å². The summed E-state index contributed by atoms with van der Waals surface area (Å²) in [4.78, 5) is 20.3. The van der Waals surface area contributed by atoms with Gasteiger partial charge in [-0.15, -0.1) is 0 Å². The number of carbonyl (C=O) groups is 1. The maximum atomic E-state index is 13.0. The van der Waals surface area contributed by atoms with Crippen molar-refractivity contribution < 1.29 is 17.9 Å². The molecule has 3 aromatic rings. The number of nitrogens with zero attached hydrogens (tertiary/aromatic N) is 1. The number of H-pyrrole nitrogens is 1. The Bertz CT molecular complexity index is 1190. The predicted octanol–water partition coefficient (Wildman–Crippen LogP) is 3.22. The monoisotopic (exact) mass is 470 g/mol. The molecule has 1 saturated carbocycles. The van der Waals surface area contributed by atoms with Gasteiger partial charge in [0.25, 0.3) is 0 Å². The lowest BCUT2D eigenvalue weighted by molar-refractivity contribution is -0.126. The van der Waals surface area contributed by atoms with E-state index in [-0.39, 0.29) is 22.8 Å². The minimum absolute atomic E-state index is 0.0469. The Hall–Kier alpha value is -2.75. The van der Waals surface area contributed by atoms with Crippen molar-refractivity contribution in [2.24, 2.45) is 5.92 Å². The lowest BCUT2D eigenvalue weighted by Crippen LogP contribution is -2.41. The van der Waals surface area contributed by atoms with Crippen LogP contribution >= 0.6 is 0 Å². The molecule has 33 heavy (non-hydrogen) atoms. The molecule has 4 rings (SSSR count). The van der Waals surface area contributed by atoms with Gasteiger partial charge in [-0.25, -0.2) is 18.1 Å². The molecule has 1 aromatic heterocycles. The number of carbonyl (C=O) groups excluding carboxylic acids is 1. The van der Waals surface area contributed by atoms with Gasteiger partial charge in [0.1, 0.15) is 5.82 Å². The van der Waals surface area contributed by atoms with Crippen molar-refractivity contribution in [3.05, 3.63) is 48.5 Å². The number of amides is 1. The standard InChI is InChI=1S/C24H30N4O4S/c1-32-15-5-14-25-24(29)18-8-10-19(11-9-18)28-33(30,31)20-12-13-21-22(16-20)27-23(26-21)17-6-3-2-4-7-17/h2-4,6-7,12-13,16,18-19,28H,5,8-11,14-15H2,1H3,(H,25,29)(H,26,27)/t18-,19-. The van der Waals surface area contributed by atoms with Gasteiger partial charge >= 0.3 is 0 Å². The molecule has 1 aliphatic rings. The number of hydrogen-bond donors (Lipinski definition) is 3. The summed E-state index contributed by atoms with van der Waals surface area (Å²) in [7, 11) is -2.05. The van der Waals surface area contributed by atoms with Crippen LogP contribution in [0.5, 0.6) is 0 Å². The van der Waals surface area contributed by atoms with E-state index in [1.807, 2.05) is 30.3 Å². The van der Waals surface area contributed by atoms with Gasteiger partial charge in [0.2, 0.25) is 15.9 Å². The molecular weight excluding hydrogens is 440 g/mol. The van der Waals surface area contributed by atoms with Crippen molar-refractivity contribution in [1.29, 1.82) is 0 Å². The molecule has 1 aliphatic carbocycles. The minimum atomic E-state index is -3.68. The van der Waals surface area contributed by atoms with E-state index in [0.29, 0.717) is 50.2 Å². The average Bonchev–Trinajstić information content (AvgIpc) is 3.26. The topological polar surface area (TPSA) is 113 Å². The number of methoxy groups -OCH3 is 1. The Balaban J connectivity index is 1.36. The molecule has 176 valence electrons. The van der Waals surface area contributed by atoms with Crippen LogP contribution in [0.2, 0.25) is 0 Å². The first kappa shape index (κ1) is 23.4. The zero-order valence-corrected chi connectivity index (χ0v) is 19.5. The first-order chi connectivity index (χ1) is 16.0. The van der Waals surface area contributed by atoms with Gasteiger partial charge in [0.15, 0.2) is 0 Å². The van der Waals surface area contributed by atoms with Gasteiger partial charge in [-0.1, -0.05) is 30.3 Å². The fourth-order valence-corrected chi connectivity index (χ4v) is 5.54. The van der Waals surface area contributed by atoms with Crippen molar-refractivity contribution in [1.82, 2.24) is 20.0 Å². The molecule has 0 aliphatic heterocycles. The van der Waals surface area contributed by atoms with E-state index in [1.54, 1.807) is 25.3 Å². The molecule has 3 N–H and O–H groups in total. The van der Waals surface area contributed by atoms with Crippen molar-refractivity contribution >= 4 is 27.0 Å². The van der Waals surface area contributed by atoms with Crippen LogP contribution in [0, 0.1) is 5.92 Å². The quantitative estimate of drug-likeness (QED) is 0.416. The molecule has 9 heteroatoms. The SMILES string of the molecule is COCCCNC(=O)[C@H]1CC[C@H](NS(=O)(=O)c2ccc3[nH]c(-c4ccccc4)nc3c2)CC1. The largest absolute Gasteiger partial charge is 0.385 e. The number of aromatic amines is 1. The van der Waals surface area contributed by atoms with Crippen molar-refractivity contribution in [2.75, 3.05) is 20.3 Å². The molecule has 0 radical (unpaired) electrons. The summed E-state index contributed by atoms with van der Waals surface area (Å²) in [5.74, 6) is 0.683. The molecule has 1 fully saturated rings. The molecule has 0 unspecified atom stereocenters. The zero-order valence-electron chi connectivity index (χ0n) is 18.7. The number of hydrogen-bond acceptors (Lipinski definition) is 5. The second-order valence-corrected chi connectivity index (χ2v) is 10.2. The van der Waals surface area contributed by atoms with Crippen LogP contribution < -0.4 is 10.0 Å². The fraction of sp³-hybridized carbons (Fsp3) is 0.417. The maximum Gasteiger partial charge on any atom is 0.240 e. The van der Waals surface area contributed by atoms with E-state index in [1.165, 1.54) is 0 Å². The molecule has 0 bridgehead atoms. The number of rotatable bonds is 9. The highest BCUT2D eigenvalue weighted by Gasteiger charge is 2.29. The summed E-state index contributed by atoms with van der Waals surface area (Å²) >= 11 is 0. The number of imidazole rings is 1. The minimum Gasteiger partial charge on any atom is -0.385 e. The van der Waals surface area contributed by atoms with Crippen LogP contribution in [0.3, 0.4) is 0 Å². The summed E-state index contributed by atoms with van der Waals surface area (Å²) in [6.07, 6.45) is 3.39. The van der Waals surface area contributed by atoms with E-state index in [4.69, 9.17) is 4.74 Å². The number of sulfonamides is 1. The average molecular weight is 471 g/mol. The Kier molecular flexibility index (Phi) is 7.42. The third-order valence-corrected chi connectivity index (χ3v) is 7.57. The molecule has 1 heterocycles. The molecule has 0 spiro atoms. The molecule has 2 aromatic carbocycles. The number of aromatic nitrogens is 2. The third-order valence-electron chi connectivity index (χ3n) is 6.06. The number of benzene rings is 2. The Morgan fingerprint density at radius 1 is 1.12 bits per heavy atom. The molecule has 8 nitrogen and oxygen atoms in total. The second-order valence-electron chi connectivity index (χ2n) is 8.44. The summed E-state index contributed by atoms with van der Waals surface area (Å²) in [5, 5.41) is 2.94. The van der Waals surface area contributed by atoms with Gasteiger partial charge in [-0.05, 0) is 50.3 Å². The van der Waals surface area contributed by atoms with Crippen molar-refractivity contribution in [2.45, 2.75) is 43.0 Å². The van der Waals surface area contributed by atoms with Crippen LogP contribution in [-0.4, -0.2) is 50.6 Å². The lowest BCUT2D eigenvalue weighted by atomic mass is 9.86. The number of fused-ring (bicyclic) bond motifs is 1. The Morgan fingerprint density at radius 2 is 1.88 bits per heavy atom. The highest BCUT2D eigenvalue weighted by atomic mass is 32.2. The smallest absolute Gasteiger partial charge is 0.240 e. The van der Waals surface area contributed by atoms with Gasteiger partial charge < -0.3 is 15.0 Å². The highest BCUT2D eigenvalue weighted by molar-refractivity contribution is 7.89. The first-order valence-electron chi connectivity index (χ1n) is 11.3. The van der Waals surface area contributed by atoms with Crippen LogP contribution in [0.25, 0.3) is 22.4 Å². The van der Waals surface area contributed by atoms with Crippen LogP contribution in [0.4, 0.5) is 0 Å². The molecular formula is C24H30N4O4S. The summed E-state index contributed by atoms with van der Waals surface area (Å²) < 4.78 is 33.8. The normalized spacial score (nSPS) is 18.9. The zero-order chi connectivity index (χ0) is 23.3. The summed E-state index contributed by atoms with van der Waals surface area (Å²) in [5.41, 5.74) is 2.33. The first-order valence-corrected chi connectivity index (χ1v) is 12.8. The Morgan fingerprint density at radius 3 is 2.61 bits per heavy atom. The van der Waals surface area contributed by atoms with Crippen molar-refractivity contribution in [3.8, 4) is 11.4 Å². The van der Waals surface area contributed by atoms with E-state index < -0.39 is 10.0 Å². The predicted molar refractivity (Wildman–Crippen MR) is 127 cm³/mol. The van der Waals surface area contributed by atoms with Gasteiger partial charge in [0.05, 0.1) is 15.9 Å². The summed E-state index contributed by atoms with van der Waals surface area (Å²) in [6.45, 7) is 1.22. The highest BCUT2D eigenvalue weighted by Crippen LogP contribution is 2.27. The van der Waals surface area contributed by atoms with Gasteiger partial charge in [-0.2, -0.15) is 0 Å². The van der Waals surface area contributed by atoms with E-state index >= 15 is 0 Å². The fourth-order valence-electron chi connectivity index (χ4n) is 4.22. The van der Waals surface area contributed by atoms with Gasteiger partial charge in [-0.3, -0.25) is 4.79 Å². The van der Waals surface area contributed by atoms with Gasteiger partial charge in [0, 0.05) is 37.8 Å². The second kappa shape index (κ2) is 10.5. The van der Waals surface area contributed by atoms with E-state index in [2.05, 4.69) is 20.0 Å². The molecule has 0 saturated heterocycles. The van der Waals surface area contributed by atoms with Crippen LogP contribution in [-0.2, 0) is 19.6 Å². The maximum absolute atomic E-state index is 13.0. The van der Waals surface area contributed by atoms with E-state index in [9.17, 15) is 13.2 Å². The number of ether oxygens (including phenoxy) is 1. The number of nitrogens with one attached hydrogen (secondary N) is 3. The molecule has 1 amide bonds.